The van der Waals surface area contributed by atoms with E-state index in [9.17, 15) is 4.79 Å². The van der Waals surface area contributed by atoms with Crippen LogP contribution in [0.15, 0.2) is 30.3 Å². The molecular formula is C12H16N2O2. The summed E-state index contributed by atoms with van der Waals surface area (Å²) in [5.41, 5.74) is 3.52. The third-order valence-electron chi connectivity index (χ3n) is 2.63. The highest BCUT2D eigenvalue weighted by atomic mass is 16.6. The van der Waals surface area contributed by atoms with Crippen molar-refractivity contribution >= 4 is 5.91 Å². The van der Waals surface area contributed by atoms with Crippen LogP contribution in [-0.4, -0.2) is 18.5 Å². The van der Waals surface area contributed by atoms with Gasteiger partial charge in [0, 0.05) is 0 Å². The molecule has 0 spiro atoms. The van der Waals surface area contributed by atoms with Crippen molar-refractivity contribution < 1.29 is 9.63 Å². The fourth-order valence-corrected chi connectivity index (χ4v) is 1.74. The lowest BCUT2D eigenvalue weighted by Crippen LogP contribution is -2.40. The second kappa shape index (κ2) is 5.63. The van der Waals surface area contributed by atoms with Crippen molar-refractivity contribution in [2.45, 2.75) is 25.5 Å². The van der Waals surface area contributed by atoms with Crippen molar-refractivity contribution in [2.75, 3.05) is 6.54 Å². The van der Waals surface area contributed by atoms with Gasteiger partial charge in [0.05, 0.1) is 12.6 Å². The molecule has 1 atom stereocenters. The van der Waals surface area contributed by atoms with Crippen LogP contribution in [0, 0.1) is 0 Å². The fraction of sp³-hybridized carbons (Fsp3) is 0.417. The van der Waals surface area contributed by atoms with Crippen molar-refractivity contribution in [3.8, 4) is 0 Å². The Kier molecular flexibility index (Phi) is 3.91. The van der Waals surface area contributed by atoms with Crippen molar-refractivity contribution in [1.29, 1.82) is 0 Å². The van der Waals surface area contributed by atoms with Gasteiger partial charge in [-0.15, -0.1) is 0 Å². The molecule has 4 heteroatoms. The van der Waals surface area contributed by atoms with E-state index in [0.29, 0.717) is 6.61 Å². The van der Waals surface area contributed by atoms with E-state index < -0.39 is 0 Å². The Hall–Kier alpha value is -1.39. The molecule has 0 aromatic heterocycles. The Morgan fingerprint density at radius 2 is 2.25 bits per heavy atom. The van der Waals surface area contributed by atoms with Gasteiger partial charge in [0.15, 0.2) is 0 Å². The third-order valence-corrected chi connectivity index (χ3v) is 2.63. The highest BCUT2D eigenvalue weighted by Gasteiger charge is 2.21. The number of benzene rings is 1. The lowest BCUT2D eigenvalue weighted by Gasteiger charge is -2.10. The molecule has 16 heavy (non-hydrogen) atoms. The first-order valence-corrected chi connectivity index (χ1v) is 5.55. The summed E-state index contributed by atoms with van der Waals surface area (Å²) in [6.07, 6.45) is 1.94. The van der Waals surface area contributed by atoms with Gasteiger partial charge in [-0.3, -0.25) is 9.63 Å². The quantitative estimate of drug-likeness (QED) is 0.744. The van der Waals surface area contributed by atoms with Crippen LogP contribution in [0.25, 0.3) is 0 Å². The van der Waals surface area contributed by atoms with Crippen LogP contribution in [0.1, 0.15) is 18.4 Å². The average Bonchev–Trinajstić information content (AvgIpc) is 2.84. The maximum Gasteiger partial charge on any atom is 0.260 e. The summed E-state index contributed by atoms with van der Waals surface area (Å²) in [5, 5.41) is 3.11. The monoisotopic (exact) mass is 220 g/mol. The molecule has 0 radical (unpaired) electrons. The maximum atomic E-state index is 11.5. The predicted octanol–water partition coefficient (Wildman–Crippen LogP) is 0.986. The van der Waals surface area contributed by atoms with E-state index in [-0.39, 0.29) is 11.9 Å². The molecule has 0 bridgehead atoms. The third kappa shape index (κ3) is 3.05. The van der Waals surface area contributed by atoms with Crippen LogP contribution in [0.4, 0.5) is 0 Å². The molecule has 1 aliphatic rings. The van der Waals surface area contributed by atoms with Crippen molar-refractivity contribution in [2.24, 2.45) is 0 Å². The number of hydrogen-bond acceptors (Lipinski definition) is 3. The van der Waals surface area contributed by atoms with Gasteiger partial charge in [0.2, 0.25) is 0 Å². The van der Waals surface area contributed by atoms with Crippen molar-refractivity contribution in [3.05, 3.63) is 35.9 Å². The van der Waals surface area contributed by atoms with Crippen LogP contribution in [0.5, 0.6) is 0 Å². The molecule has 1 heterocycles. The Morgan fingerprint density at radius 1 is 1.44 bits per heavy atom. The molecule has 86 valence electrons. The number of carbonyl (C=O) groups is 1. The number of hydrogen-bond donors (Lipinski definition) is 2. The molecule has 1 amide bonds. The van der Waals surface area contributed by atoms with Gasteiger partial charge in [-0.05, 0) is 24.9 Å². The van der Waals surface area contributed by atoms with E-state index in [2.05, 4.69) is 10.8 Å². The highest BCUT2D eigenvalue weighted by molar-refractivity contribution is 5.80. The topological polar surface area (TPSA) is 50.4 Å². The minimum atomic E-state index is -0.0872. The summed E-state index contributed by atoms with van der Waals surface area (Å²) in [5.74, 6) is -0.0755. The number of hydroxylamine groups is 1. The molecule has 1 fully saturated rings. The second-order valence-electron chi connectivity index (χ2n) is 3.89. The van der Waals surface area contributed by atoms with Crippen molar-refractivity contribution in [1.82, 2.24) is 10.8 Å². The molecule has 2 N–H and O–H groups in total. The summed E-state index contributed by atoms with van der Waals surface area (Å²) in [6, 6.07) is 9.67. The van der Waals surface area contributed by atoms with Gasteiger partial charge in [0.25, 0.3) is 5.91 Å². The van der Waals surface area contributed by atoms with E-state index >= 15 is 0 Å². The first kappa shape index (κ1) is 11.1. The Bertz CT molecular complexity index is 334. The number of amides is 1. The molecule has 4 nitrogen and oxygen atoms in total. The van der Waals surface area contributed by atoms with Crippen LogP contribution >= 0.6 is 0 Å². The maximum absolute atomic E-state index is 11.5. The number of nitrogens with one attached hydrogen (secondary N) is 2. The van der Waals surface area contributed by atoms with Crippen LogP contribution < -0.4 is 10.8 Å². The smallest absolute Gasteiger partial charge is 0.260 e. The van der Waals surface area contributed by atoms with E-state index in [0.717, 1.165) is 24.9 Å². The number of rotatable bonds is 4. The van der Waals surface area contributed by atoms with Gasteiger partial charge in [-0.25, -0.2) is 5.48 Å². The zero-order valence-corrected chi connectivity index (χ0v) is 9.11. The molecule has 0 saturated carbocycles. The first-order valence-electron chi connectivity index (χ1n) is 5.55. The Balaban J connectivity index is 1.70. The van der Waals surface area contributed by atoms with Crippen LogP contribution in [0.2, 0.25) is 0 Å². The predicted molar refractivity (Wildman–Crippen MR) is 60.4 cm³/mol. The largest absolute Gasteiger partial charge is 0.306 e. The van der Waals surface area contributed by atoms with E-state index in [1.165, 1.54) is 0 Å². The summed E-state index contributed by atoms with van der Waals surface area (Å²) >= 11 is 0. The minimum absolute atomic E-state index is 0.0755. The summed E-state index contributed by atoms with van der Waals surface area (Å²) in [4.78, 5) is 16.7. The van der Waals surface area contributed by atoms with Crippen LogP contribution in [-0.2, 0) is 16.2 Å². The van der Waals surface area contributed by atoms with Gasteiger partial charge in [0.1, 0.15) is 0 Å². The zero-order chi connectivity index (χ0) is 11.2. The van der Waals surface area contributed by atoms with Gasteiger partial charge >= 0.3 is 0 Å². The first-order chi connectivity index (χ1) is 7.86. The standard InChI is InChI=1S/C12H16N2O2/c15-12(11-7-4-8-13-11)14-16-9-10-5-2-1-3-6-10/h1-3,5-6,11,13H,4,7-9H2,(H,14,15). The molecule has 1 aromatic rings. The van der Waals surface area contributed by atoms with E-state index in [4.69, 9.17) is 4.84 Å². The van der Waals surface area contributed by atoms with Gasteiger partial charge in [-0.1, -0.05) is 30.3 Å². The molecule has 0 aliphatic carbocycles. The lowest BCUT2D eigenvalue weighted by molar-refractivity contribution is -0.136. The van der Waals surface area contributed by atoms with E-state index in [1.54, 1.807) is 0 Å². The normalized spacial score (nSPS) is 19.6. The minimum Gasteiger partial charge on any atom is -0.306 e. The molecule has 1 aromatic carbocycles. The lowest BCUT2D eigenvalue weighted by atomic mass is 10.2. The van der Waals surface area contributed by atoms with Gasteiger partial charge < -0.3 is 5.32 Å². The summed E-state index contributed by atoms with van der Waals surface area (Å²) < 4.78 is 0. The van der Waals surface area contributed by atoms with E-state index in [1.807, 2.05) is 30.3 Å². The highest BCUT2D eigenvalue weighted by Crippen LogP contribution is 2.05. The average molecular weight is 220 g/mol. The summed E-state index contributed by atoms with van der Waals surface area (Å²) in [6.45, 7) is 1.32. The Morgan fingerprint density at radius 3 is 2.94 bits per heavy atom. The summed E-state index contributed by atoms with van der Waals surface area (Å²) in [7, 11) is 0. The zero-order valence-electron chi connectivity index (χ0n) is 9.11. The fourth-order valence-electron chi connectivity index (χ4n) is 1.74. The molecule has 2 rings (SSSR count). The molecule has 1 saturated heterocycles. The molecule has 1 aliphatic heterocycles. The second-order valence-corrected chi connectivity index (χ2v) is 3.89. The van der Waals surface area contributed by atoms with Crippen LogP contribution in [0.3, 0.4) is 0 Å². The molecular weight excluding hydrogens is 204 g/mol. The molecule has 1 unspecified atom stereocenters. The van der Waals surface area contributed by atoms with Gasteiger partial charge in [-0.2, -0.15) is 0 Å². The SMILES string of the molecule is O=C(NOCc1ccccc1)C1CCCN1. The number of carbonyl (C=O) groups excluding carboxylic acids is 1. The van der Waals surface area contributed by atoms with Crippen molar-refractivity contribution in [3.63, 3.8) is 0 Å². The Labute approximate surface area is 94.9 Å².